The van der Waals surface area contributed by atoms with Crippen molar-refractivity contribution in [1.82, 2.24) is 5.32 Å². The molecule has 0 aliphatic heterocycles. The number of ether oxygens (including phenoxy) is 1. The first kappa shape index (κ1) is 8.30. The van der Waals surface area contributed by atoms with E-state index in [1.54, 1.807) is 12.5 Å². The van der Waals surface area contributed by atoms with E-state index in [-0.39, 0.29) is 0 Å². The second-order valence-electron chi connectivity index (χ2n) is 2.29. The van der Waals surface area contributed by atoms with Crippen molar-refractivity contribution in [1.29, 1.82) is 0 Å². The summed E-state index contributed by atoms with van der Waals surface area (Å²) in [6.07, 6.45) is 3.34. The third kappa shape index (κ3) is 3.20. The maximum atomic E-state index is 5.30. The first-order chi connectivity index (χ1) is 5.43. The van der Waals surface area contributed by atoms with Crippen LogP contribution in [0, 0.1) is 0 Å². The average Bonchev–Trinajstić information content (AvgIpc) is 2.50. The van der Waals surface area contributed by atoms with E-state index in [0.717, 1.165) is 18.7 Å². The molecular formula is C8H13NO2. The number of hydrogen-bond donors (Lipinski definition) is 1. The van der Waals surface area contributed by atoms with Crippen LogP contribution in [0.25, 0.3) is 0 Å². The van der Waals surface area contributed by atoms with Gasteiger partial charge in [0.2, 0.25) is 0 Å². The largest absolute Gasteiger partial charge is 0.472 e. The Labute approximate surface area is 66.3 Å². The molecule has 3 nitrogen and oxygen atoms in total. The Bertz CT molecular complexity index is 172. The number of hydrogen-bond acceptors (Lipinski definition) is 3. The lowest BCUT2D eigenvalue weighted by molar-refractivity contribution is 0.123. The summed E-state index contributed by atoms with van der Waals surface area (Å²) in [5, 5.41) is 3.00. The van der Waals surface area contributed by atoms with E-state index in [0.29, 0.717) is 6.61 Å². The average molecular weight is 155 g/mol. The van der Waals surface area contributed by atoms with Gasteiger partial charge in [0.25, 0.3) is 0 Å². The van der Waals surface area contributed by atoms with Crippen molar-refractivity contribution < 1.29 is 9.15 Å². The zero-order chi connectivity index (χ0) is 7.94. The molecule has 11 heavy (non-hydrogen) atoms. The van der Waals surface area contributed by atoms with E-state index in [1.165, 1.54) is 0 Å². The molecule has 0 fully saturated rings. The molecule has 1 rings (SSSR count). The summed E-state index contributed by atoms with van der Waals surface area (Å²) >= 11 is 0. The highest BCUT2D eigenvalue weighted by atomic mass is 16.5. The van der Waals surface area contributed by atoms with E-state index in [1.807, 2.05) is 13.1 Å². The Morgan fingerprint density at radius 3 is 3.18 bits per heavy atom. The molecule has 0 saturated heterocycles. The lowest BCUT2D eigenvalue weighted by Crippen LogP contribution is -2.13. The number of furan rings is 1. The SMILES string of the molecule is CNCCOCc1ccoc1. The van der Waals surface area contributed by atoms with Gasteiger partial charge in [0, 0.05) is 12.1 Å². The molecule has 1 aromatic heterocycles. The molecule has 1 heterocycles. The molecule has 62 valence electrons. The van der Waals surface area contributed by atoms with Crippen molar-refractivity contribution in [2.75, 3.05) is 20.2 Å². The molecule has 0 aliphatic rings. The lowest BCUT2D eigenvalue weighted by Gasteiger charge is -1.99. The van der Waals surface area contributed by atoms with E-state index in [2.05, 4.69) is 5.32 Å². The van der Waals surface area contributed by atoms with E-state index < -0.39 is 0 Å². The van der Waals surface area contributed by atoms with Crippen LogP contribution in [0.4, 0.5) is 0 Å². The molecule has 0 atom stereocenters. The molecule has 0 radical (unpaired) electrons. The van der Waals surface area contributed by atoms with Crippen molar-refractivity contribution in [3.63, 3.8) is 0 Å². The van der Waals surface area contributed by atoms with E-state index >= 15 is 0 Å². The fourth-order valence-electron chi connectivity index (χ4n) is 0.739. The van der Waals surface area contributed by atoms with Crippen LogP contribution < -0.4 is 5.32 Å². The number of nitrogens with one attached hydrogen (secondary N) is 1. The molecule has 1 aromatic rings. The van der Waals surface area contributed by atoms with Crippen molar-refractivity contribution >= 4 is 0 Å². The highest BCUT2D eigenvalue weighted by Gasteiger charge is 1.92. The zero-order valence-electron chi connectivity index (χ0n) is 6.67. The molecule has 1 N–H and O–H groups in total. The topological polar surface area (TPSA) is 34.4 Å². The van der Waals surface area contributed by atoms with Gasteiger partial charge in [-0.25, -0.2) is 0 Å². The second-order valence-corrected chi connectivity index (χ2v) is 2.29. The van der Waals surface area contributed by atoms with Crippen LogP contribution in [0.2, 0.25) is 0 Å². The van der Waals surface area contributed by atoms with Gasteiger partial charge in [-0.15, -0.1) is 0 Å². The Balaban J connectivity index is 2.04. The van der Waals surface area contributed by atoms with Gasteiger partial charge in [-0.3, -0.25) is 0 Å². The van der Waals surface area contributed by atoms with E-state index in [9.17, 15) is 0 Å². The standard InChI is InChI=1S/C8H13NO2/c1-9-3-5-11-7-8-2-4-10-6-8/h2,4,6,9H,3,5,7H2,1H3. The van der Waals surface area contributed by atoms with Crippen LogP contribution in [-0.4, -0.2) is 20.2 Å². The van der Waals surface area contributed by atoms with Gasteiger partial charge in [0.05, 0.1) is 25.7 Å². The molecular weight excluding hydrogens is 142 g/mol. The van der Waals surface area contributed by atoms with Crippen molar-refractivity contribution in [3.05, 3.63) is 24.2 Å². The molecule has 0 aromatic carbocycles. The van der Waals surface area contributed by atoms with Gasteiger partial charge >= 0.3 is 0 Å². The molecule has 0 bridgehead atoms. The fourth-order valence-corrected chi connectivity index (χ4v) is 0.739. The Kier molecular flexibility index (Phi) is 3.72. The number of rotatable bonds is 5. The van der Waals surface area contributed by atoms with Crippen LogP contribution in [-0.2, 0) is 11.3 Å². The Hall–Kier alpha value is -0.800. The summed E-state index contributed by atoms with van der Waals surface area (Å²) in [7, 11) is 1.90. The molecule has 0 amide bonds. The predicted molar refractivity (Wildman–Crippen MR) is 42.3 cm³/mol. The second kappa shape index (κ2) is 4.93. The molecule has 3 heteroatoms. The van der Waals surface area contributed by atoms with Crippen LogP contribution >= 0.6 is 0 Å². The maximum absolute atomic E-state index is 5.30. The maximum Gasteiger partial charge on any atom is 0.0957 e. The van der Waals surface area contributed by atoms with Crippen LogP contribution in [0.15, 0.2) is 23.0 Å². The molecule has 0 spiro atoms. The summed E-state index contributed by atoms with van der Waals surface area (Å²) in [6, 6.07) is 1.90. The Morgan fingerprint density at radius 2 is 2.55 bits per heavy atom. The fraction of sp³-hybridized carbons (Fsp3) is 0.500. The monoisotopic (exact) mass is 155 g/mol. The Morgan fingerprint density at radius 1 is 1.64 bits per heavy atom. The van der Waals surface area contributed by atoms with Gasteiger partial charge in [-0.2, -0.15) is 0 Å². The minimum absolute atomic E-state index is 0.637. The van der Waals surface area contributed by atoms with Crippen LogP contribution in [0.1, 0.15) is 5.56 Å². The van der Waals surface area contributed by atoms with Crippen molar-refractivity contribution in [2.24, 2.45) is 0 Å². The van der Waals surface area contributed by atoms with Gasteiger partial charge < -0.3 is 14.5 Å². The van der Waals surface area contributed by atoms with Gasteiger partial charge in [0.1, 0.15) is 0 Å². The zero-order valence-corrected chi connectivity index (χ0v) is 6.67. The van der Waals surface area contributed by atoms with Crippen LogP contribution in [0.5, 0.6) is 0 Å². The van der Waals surface area contributed by atoms with Crippen molar-refractivity contribution in [3.8, 4) is 0 Å². The summed E-state index contributed by atoms with van der Waals surface area (Å²) < 4.78 is 10.2. The van der Waals surface area contributed by atoms with Gasteiger partial charge in [-0.1, -0.05) is 0 Å². The highest BCUT2D eigenvalue weighted by Crippen LogP contribution is 2.00. The first-order valence-electron chi connectivity index (χ1n) is 3.67. The highest BCUT2D eigenvalue weighted by molar-refractivity contribution is 5.02. The number of likely N-dealkylation sites (N-methyl/N-ethyl adjacent to an activating group) is 1. The summed E-state index contributed by atoms with van der Waals surface area (Å²) in [5.74, 6) is 0. The van der Waals surface area contributed by atoms with E-state index in [4.69, 9.17) is 9.15 Å². The third-order valence-electron chi connectivity index (χ3n) is 1.35. The summed E-state index contributed by atoms with van der Waals surface area (Å²) in [5.41, 5.74) is 1.08. The smallest absolute Gasteiger partial charge is 0.0957 e. The minimum atomic E-state index is 0.637. The summed E-state index contributed by atoms with van der Waals surface area (Å²) in [4.78, 5) is 0. The van der Waals surface area contributed by atoms with Gasteiger partial charge in [-0.05, 0) is 13.1 Å². The normalized spacial score (nSPS) is 10.3. The molecule has 0 saturated carbocycles. The lowest BCUT2D eigenvalue weighted by atomic mass is 10.4. The molecule has 0 unspecified atom stereocenters. The van der Waals surface area contributed by atoms with Crippen molar-refractivity contribution in [2.45, 2.75) is 6.61 Å². The third-order valence-corrected chi connectivity index (χ3v) is 1.35. The quantitative estimate of drug-likeness (QED) is 0.644. The first-order valence-corrected chi connectivity index (χ1v) is 3.67. The predicted octanol–water partition coefficient (Wildman–Crippen LogP) is 1.02. The summed E-state index contributed by atoms with van der Waals surface area (Å²) in [6.45, 7) is 2.26. The molecule has 0 aliphatic carbocycles. The van der Waals surface area contributed by atoms with Gasteiger partial charge in [0.15, 0.2) is 0 Å². The van der Waals surface area contributed by atoms with Crippen LogP contribution in [0.3, 0.4) is 0 Å². The minimum Gasteiger partial charge on any atom is -0.472 e.